The normalized spacial score (nSPS) is 14.9. The van der Waals surface area contributed by atoms with Gasteiger partial charge in [-0.25, -0.2) is 4.98 Å². The number of hydrogen-bond acceptors (Lipinski definition) is 5. The zero-order valence-electron chi connectivity index (χ0n) is 16.8. The summed E-state index contributed by atoms with van der Waals surface area (Å²) in [6.07, 6.45) is 6.22. The Morgan fingerprint density at radius 3 is 2.43 bits per heavy atom. The predicted molar refractivity (Wildman–Crippen MR) is 115 cm³/mol. The van der Waals surface area contributed by atoms with Gasteiger partial charge in [-0.15, -0.1) is 0 Å². The summed E-state index contributed by atoms with van der Waals surface area (Å²) in [6.45, 7) is 1.14. The smallest absolute Gasteiger partial charge is 0.246 e. The summed E-state index contributed by atoms with van der Waals surface area (Å²) >= 11 is 0. The lowest BCUT2D eigenvalue weighted by atomic mass is 9.89. The van der Waals surface area contributed by atoms with Gasteiger partial charge in [0.15, 0.2) is 5.78 Å². The molecule has 1 fully saturated rings. The molecule has 0 radical (unpaired) electrons. The molecule has 30 heavy (non-hydrogen) atoms. The van der Waals surface area contributed by atoms with Crippen LogP contribution in [0.2, 0.25) is 0 Å². The number of carbonyl (C=O) groups is 2. The zero-order valence-corrected chi connectivity index (χ0v) is 16.8. The van der Waals surface area contributed by atoms with Crippen molar-refractivity contribution < 1.29 is 14.3 Å². The van der Waals surface area contributed by atoms with Crippen LogP contribution in [0.3, 0.4) is 0 Å². The molecule has 0 bridgehead atoms. The third-order valence-corrected chi connectivity index (χ3v) is 5.42. The van der Waals surface area contributed by atoms with Crippen LogP contribution >= 0.6 is 0 Å². The van der Waals surface area contributed by atoms with E-state index in [0.29, 0.717) is 37.2 Å². The Morgan fingerprint density at radius 2 is 1.73 bits per heavy atom. The molecule has 1 amide bonds. The topological polar surface area (TPSA) is 72.4 Å². The summed E-state index contributed by atoms with van der Waals surface area (Å²) in [5.74, 6) is 0.736. The van der Waals surface area contributed by atoms with Gasteiger partial charge in [0, 0.05) is 30.6 Å². The van der Waals surface area contributed by atoms with Gasteiger partial charge < -0.3 is 9.64 Å². The van der Waals surface area contributed by atoms with Gasteiger partial charge in [0.25, 0.3) is 0 Å². The van der Waals surface area contributed by atoms with Crippen molar-refractivity contribution in [1.29, 1.82) is 0 Å². The second kappa shape index (κ2) is 8.86. The van der Waals surface area contributed by atoms with Crippen molar-refractivity contribution in [2.45, 2.75) is 12.8 Å². The Bertz CT molecular complexity index is 1080. The number of benzene rings is 2. The molecule has 0 aliphatic carbocycles. The van der Waals surface area contributed by atoms with Gasteiger partial charge in [-0.05, 0) is 55.3 Å². The number of carbonyl (C=O) groups excluding carboxylic acids is 2. The highest BCUT2D eigenvalue weighted by Crippen LogP contribution is 2.23. The Balaban J connectivity index is 1.34. The number of likely N-dealkylation sites (tertiary alicyclic amines) is 1. The standard InChI is InChI=1S/C24H23N3O3/c1-30-20-9-6-17(7-10-20)24(29)18-12-14-27(15-13-18)23(28)11-8-19-16-25-21-4-2-3-5-22(21)26-19/h2-11,16,18H,12-15H2,1H3/b11-8+. The highest BCUT2D eigenvalue weighted by Gasteiger charge is 2.27. The lowest BCUT2D eigenvalue weighted by Crippen LogP contribution is -2.39. The van der Waals surface area contributed by atoms with Gasteiger partial charge >= 0.3 is 0 Å². The van der Waals surface area contributed by atoms with E-state index in [1.165, 1.54) is 6.08 Å². The van der Waals surface area contributed by atoms with Crippen LogP contribution in [0.4, 0.5) is 0 Å². The number of Topliss-reactive ketones (excluding diaryl/α,β-unsaturated/α-hetero) is 1. The first-order valence-corrected chi connectivity index (χ1v) is 10.0. The zero-order chi connectivity index (χ0) is 20.9. The van der Waals surface area contributed by atoms with E-state index >= 15 is 0 Å². The Kier molecular flexibility index (Phi) is 5.84. The average Bonchev–Trinajstić information content (AvgIpc) is 2.82. The van der Waals surface area contributed by atoms with Crippen molar-refractivity contribution >= 4 is 28.8 Å². The van der Waals surface area contributed by atoms with E-state index in [4.69, 9.17) is 4.74 Å². The number of nitrogens with zero attached hydrogens (tertiary/aromatic N) is 3. The van der Waals surface area contributed by atoms with Crippen LogP contribution in [0.1, 0.15) is 28.9 Å². The van der Waals surface area contributed by atoms with Crippen LogP contribution < -0.4 is 4.74 Å². The van der Waals surface area contributed by atoms with Crippen LogP contribution in [-0.2, 0) is 4.79 Å². The molecule has 2 heterocycles. The molecule has 1 aromatic heterocycles. The van der Waals surface area contributed by atoms with Gasteiger partial charge in [0.2, 0.25) is 5.91 Å². The van der Waals surface area contributed by atoms with Gasteiger partial charge in [0.1, 0.15) is 5.75 Å². The van der Waals surface area contributed by atoms with Crippen LogP contribution in [0, 0.1) is 5.92 Å². The second-order valence-corrected chi connectivity index (χ2v) is 7.31. The summed E-state index contributed by atoms with van der Waals surface area (Å²) in [5, 5.41) is 0. The SMILES string of the molecule is COc1ccc(C(=O)C2CCN(C(=O)/C=C/c3cnc4ccccc4n3)CC2)cc1. The van der Waals surface area contributed by atoms with Gasteiger partial charge in [-0.2, -0.15) is 0 Å². The van der Waals surface area contributed by atoms with E-state index in [9.17, 15) is 9.59 Å². The van der Waals surface area contributed by atoms with Gasteiger partial charge in [-0.1, -0.05) is 12.1 Å². The molecule has 6 nitrogen and oxygen atoms in total. The van der Waals surface area contributed by atoms with Crippen molar-refractivity contribution in [2.24, 2.45) is 5.92 Å². The lowest BCUT2D eigenvalue weighted by Gasteiger charge is -2.30. The molecule has 0 spiro atoms. The molecule has 0 unspecified atom stereocenters. The molecule has 6 heteroatoms. The van der Waals surface area contributed by atoms with E-state index in [1.807, 2.05) is 24.3 Å². The Labute approximate surface area is 175 Å². The number of methoxy groups -OCH3 is 1. The van der Waals surface area contributed by atoms with Crippen molar-refractivity contribution in [3.05, 3.63) is 72.1 Å². The molecular formula is C24H23N3O3. The molecule has 0 saturated carbocycles. The van der Waals surface area contributed by atoms with Crippen LogP contribution in [-0.4, -0.2) is 46.8 Å². The minimum atomic E-state index is -0.0692. The van der Waals surface area contributed by atoms with Crippen LogP contribution in [0.5, 0.6) is 5.75 Å². The Morgan fingerprint density at radius 1 is 1.03 bits per heavy atom. The minimum Gasteiger partial charge on any atom is -0.497 e. The van der Waals surface area contributed by atoms with Crippen LogP contribution in [0.25, 0.3) is 17.1 Å². The molecular weight excluding hydrogens is 378 g/mol. The van der Waals surface area contributed by atoms with E-state index in [2.05, 4.69) is 9.97 Å². The van der Waals surface area contributed by atoms with E-state index < -0.39 is 0 Å². The fourth-order valence-electron chi connectivity index (χ4n) is 3.67. The number of fused-ring (bicyclic) bond motifs is 1. The fourth-order valence-corrected chi connectivity index (χ4v) is 3.67. The first kappa shape index (κ1) is 19.8. The summed E-state index contributed by atoms with van der Waals surface area (Å²) in [5.41, 5.74) is 2.96. The van der Waals surface area contributed by atoms with Crippen molar-refractivity contribution in [3.8, 4) is 5.75 Å². The molecule has 3 aromatic rings. The molecule has 4 rings (SSSR count). The summed E-state index contributed by atoms with van der Waals surface area (Å²) < 4.78 is 5.14. The van der Waals surface area contributed by atoms with Crippen molar-refractivity contribution in [1.82, 2.24) is 14.9 Å². The third kappa shape index (κ3) is 4.38. The maximum atomic E-state index is 12.7. The number of ether oxygens (including phenoxy) is 1. The number of hydrogen-bond donors (Lipinski definition) is 0. The first-order chi connectivity index (χ1) is 14.6. The van der Waals surface area contributed by atoms with Crippen molar-refractivity contribution in [2.75, 3.05) is 20.2 Å². The Hall–Kier alpha value is -3.54. The van der Waals surface area contributed by atoms with Crippen molar-refractivity contribution in [3.63, 3.8) is 0 Å². The first-order valence-electron chi connectivity index (χ1n) is 10.0. The average molecular weight is 401 g/mol. The largest absolute Gasteiger partial charge is 0.497 e. The number of ketones is 1. The number of amides is 1. The maximum absolute atomic E-state index is 12.7. The predicted octanol–water partition coefficient (Wildman–Crippen LogP) is 3.77. The molecule has 152 valence electrons. The molecule has 0 atom stereocenters. The molecule has 1 aliphatic rings. The molecule has 1 saturated heterocycles. The third-order valence-electron chi connectivity index (χ3n) is 5.42. The molecule has 0 N–H and O–H groups in total. The highest BCUT2D eigenvalue weighted by molar-refractivity contribution is 5.98. The maximum Gasteiger partial charge on any atom is 0.246 e. The number of para-hydroxylation sites is 2. The monoisotopic (exact) mass is 401 g/mol. The number of piperidine rings is 1. The molecule has 1 aliphatic heterocycles. The second-order valence-electron chi connectivity index (χ2n) is 7.31. The van der Waals surface area contributed by atoms with E-state index in [-0.39, 0.29) is 17.6 Å². The minimum absolute atomic E-state index is 0.0576. The molecule has 2 aromatic carbocycles. The van der Waals surface area contributed by atoms with Gasteiger partial charge in [0.05, 0.1) is 30.0 Å². The van der Waals surface area contributed by atoms with Crippen LogP contribution in [0.15, 0.2) is 60.8 Å². The lowest BCUT2D eigenvalue weighted by molar-refractivity contribution is -0.127. The van der Waals surface area contributed by atoms with E-state index in [1.54, 1.807) is 48.5 Å². The number of aromatic nitrogens is 2. The highest BCUT2D eigenvalue weighted by atomic mass is 16.5. The quantitative estimate of drug-likeness (QED) is 0.481. The number of rotatable bonds is 5. The summed E-state index contributed by atoms with van der Waals surface area (Å²) in [7, 11) is 1.60. The summed E-state index contributed by atoms with van der Waals surface area (Å²) in [4.78, 5) is 35.9. The fraction of sp³-hybridized carbons (Fsp3) is 0.250. The van der Waals surface area contributed by atoms with E-state index in [0.717, 1.165) is 16.8 Å². The summed E-state index contributed by atoms with van der Waals surface area (Å²) in [6, 6.07) is 14.8. The van der Waals surface area contributed by atoms with Gasteiger partial charge in [-0.3, -0.25) is 14.6 Å².